The van der Waals surface area contributed by atoms with Gasteiger partial charge in [0.2, 0.25) is 5.91 Å². The fraction of sp³-hybridized carbons (Fsp3) is 0.909. The zero-order chi connectivity index (χ0) is 11.6. The fourth-order valence-corrected chi connectivity index (χ4v) is 2.22. The van der Waals surface area contributed by atoms with Crippen molar-refractivity contribution in [3.8, 4) is 0 Å². The molecule has 1 heterocycles. The van der Waals surface area contributed by atoms with Gasteiger partial charge in [0.1, 0.15) is 0 Å². The summed E-state index contributed by atoms with van der Waals surface area (Å²) in [7, 11) is 3.63. The molecule has 1 amide bonds. The van der Waals surface area contributed by atoms with Gasteiger partial charge in [-0.05, 0) is 20.8 Å². The van der Waals surface area contributed by atoms with E-state index < -0.39 is 0 Å². The minimum atomic E-state index is -0.00741. The normalized spacial score (nSPS) is 28.1. The van der Waals surface area contributed by atoms with Crippen molar-refractivity contribution in [2.75, 3.05) is 27.2 Å². The van der Waals surface area contributed by atoms with Crippen LogP contribution >= 0.6 is 12.4 Å². The molecule has 0 saturated carbocycles. The lowest BCUT2D eigenvalue weighted by molar-refractivity contribution is -0.134. The quantitative estimate of drug-likeness (QED) is 0.777. The zero-order valence-corrected chi connectivity index (χ0v) is 11.7. The Morgan fingerprint density at radius 3 is 2.12 bits per heavy atom. The summed E-state index contributed by atoms with van der Waals surface area (Å²) in [5, 5.41) is 3.47. The molecule has 0 bridgehead atoms. The SMILES string of the molecule is CC1CN(C(C)C(=O)N(C)C)CC(C)N1.Cl. The van der Waals surface area contributed by atoms with Gasteiger partial charge < -0.3 is 10.2 Å². The Kier molecular flexibility index (Phi) is 6.30. The van der Waals surface area contributed by atoms with Gasteiger partial charge in [-0.2, -0.15) is 0 Å². The third-order valence-electron chi connectivity index (χ3n) is 2.93. The van der Waals surface area contributed by atoms with Crippen LogP contribution in [-0.4, -0.2) is 61.0 Å². The number of hydrogen-bond donors (Lipinski definition) is 1. The lowest BCUT2D eigenvalue weighted by Gasteiger charge is -2.39. The van der Waals surface area contributed by atoms with Crippen LogP contribution in [0.4, 0.5) is 0 Å². The van der Waals surface area contributed by atoms with Crippen molar-refractivity contribution in [1.29, 1.82) is 0 Å². The first-order valence-electron chi connectivity index (χ1n) is 5.63. The number of hydrogen-bond acceptors (Lipinski definition) is 3. The molecule has 5 heteroatoms. The Labute approximate surface area is 105 Å². The predicted octanol–water partition coefficient (Wildman–Crippen LogP) is 0.567. The summed E-state index contributed by atoms with van der Waals surface area (Å²) >= 11 is 0. The number of carbonyl (C=O) groups excluding carboxylic acids is 1. The molecule has 0 radical (unpaired) electrons. The van der Waals surface area contributed by atoms with Crippen LogP contribution in [0.1, 0.15) is 20.8 Å². The van der Waals surface area contributed by atoms with Gasteiger partial charge in [-0.1, -0.05) is 0 Å². The molecule has 1 aliphatic rings. The number of nitrogens with zero attached hydrogens (tertiary/aromatic N) is 2. The van der Waals surface area contributed by atoms with E-state index in [9.17, 15) is 4.79 Å². The highest BCUT2D eigenvalue weighted by Crippen LogP contribution is 2.09. The molecule has 1 saturated heterocycles. The summed E-state index contributed by atoms with van der Waals surface area (Å²) < 4.78 is 0. The van der Waals surface area contributed by atoms with Crippen LogP contribution in [0.2, 0.25) is 0 Å². The standard InChI is InChI=1S/C11H23N3O.ClH/c1-8-6-14(7-9(2)12-8)10(3)11(15)13(4)5;/h8-10,12H,6-7H2,1-5H3;1H. The van der Waals surface area contributed by atoms with E-state index in [4.69, 9.17) is 0 Å². The van der Waals surface area contributed by atoms with Gasteiger partial charge in [-0.15, -0.1) is 12.4 Å². The van der Waals surface area contributed by atoms with E-state index in [0.717, 1.165) is 13.1 Å². The number of rotatable bonds is 2. The summed E-state index contributed by atoms with van der Waals surface area (Å²) in [4.78, 5) is 15.7. The molecule has 16 heavy (non-hydrogen) atoms. The highest BCUT2D eigenvalue weighted by Gasteiger charge is 2.28. The Morgan fingerprint density at radius 2 is 1.75 bits per heavy atom. The van der Waals surface area contributed by atoms with Crippen LogP contribution in [-0.2, 0) is 4.79 Å². The van der Waals surface area contributed by atoms with Crippen molar-refractivity contribution in [2.45, 2.75) is 38.9 Å². The van der Waals surface area contributed by atoms with Crippen LogP contribution in [0.3, 0.4) is 0 Å². The van der Waals surface area contributed by atoms with Gasteiger partial charge in [0, 0.05) is 39.3 Å². The van der Waals surface area contributed by atoms with Gasteiger partial charge in [-0.25, -0.2) is 0 Å². The van der Waals surface area contributed by atoms with Gasteiger partial charge >= 0.3 is 0 Å². The topological polar surface area (TPSA) is 35.6 Å². The molecule has 1 aliphatic heterocycles. The Morgan fingerprint density at radius 1 is 1.31 bits per heavy atom. The maximum absolute atomic E-state index is 11.8. The van der Waals surface area contributed by atoms with Crippen LogP contribution in [0.25, 0.3) is 0 Å². The Hall–Kier alpha value is -0.320. The van der Waals surface area contributed by atoms with E-state index in [0.29, 0.717) is 12.1 Å². The second kappa shape index (κ2) is 6.42. The van der Waals surface area contributed by atoms with Crippen molar-refractivity contribution >= 4 is 18.3 Å². The number of halogens is 1. The van der Waals surface area contributed by atoms with Crippen molar-refractivity contribution in [1.82, 2.24) is 15.1 Å². The van der Waals surface area contributed by atoms with Crippen molar-refractivity contribution in [2.24, 2.45) is 0 Å². The predicted molar refractivity (Wildman–Crippen MR) is 69.0 cm³/mol. The van der Waals surface area contributed by atoms with E-state index in [1.165, 1.54) is 0 Å². The smallest absolute Gasteiger partial charge is 0.239 e. The largest absolute Gasteiger partial charge is 0.347 e. The number of nitrogens with one attached hydrogen (secondary N) is 1. The minimum Gasteiger partial charge on any atom is -0.347 e. The number of likely N-dealkylation sites (N-methyl/N-ethyl adjacent to an activating group) is 1. The zero-order valence-electron chi connectivity index (χ0n) is 10.9. The molecule has 1 fully saturated rings. The van der Waals surface area contributed by atoms with Crippen LogP contribution in [0.15, 0.2) is 0 Å². The first-order chi connectivity index (χ1) is 6.91. The van der Waals surface area contributed by atoms with E-state index >= 15 is 0 Å². The molecule has 0 aromatic rings. The maximum Gasteiger partial charge on any atom is 0.239 e. The maximum atomic E-state index is 11.8. The minimum absolute atomic E-state index is 0. The third-order valence-corrected chi connectivity index (χ3v) is 2.93. The fourth-order valence-electron chi connectivity index (χ4n) is 2.22. The Balaban J connectivity index is 0.00000225. The second-order valence-corrected chi connectivity index (χ2v) is 4.83. The van der Waals surface area contributed by atoms with Gasteiger partial charge in [-0.3, -0.25) is 9.69 Å². The summed E-state index contributed by atoms with van der Waals surface area (Å²) in [5.74, 6) is 0.191. The highest BCUT2D eigenvalue weighted by atomic mass is 35.5. The highest BCUT2D eigenvalue weighted by molar-refractivity contribution is 5.85. The van der Waals surface area contributed by atoms with Crippen molar-refractivity contribution in [3.63, 3.8) is 0 Å². The van der Waals surface area contributed by atoms with Gasteiger partial charge in [0.25, 0.3) is 0 Å². The second-order valence-electron chi connectivity index (χ2n) is 4.83. The first kappa shape index (κ1) is 15.7. The molecule has 4 nitrogen and oxygen atoms in total. The van der Waals surface area contributed by atoms with Crippen LogP contribution in [0, 0.1) is 0 Å². The van der Waals surface area contributed by atoms with Crippen molar-refractivity contribution < 1.29 is 4.79 Å². The average molecular weight is 250 g/mol. The van der Waals surface area contributed by atoms with Crippen LogP contribution in [0.5, 0.6) is 0 Å². The summed E-state index contributed by atoms with van der Waals surface area (Å²) in [6, 6.07) is 0.921. The van der Waals surface area contributed by atoms with Crippen LogP contribution < -0.4 is 5.32 Å². The average Bonchev–Trinajstić information content (AvgIpc) is 2.13. The van der Waals surface area contributed by atoms with E-state index in [1.54, 1.807) is 4.90 Å². The molecule has 0 aliphatic carbocycles. The number of carbonyl (C=O) groups is 1. The summed E-state index contributed by atoms with van der Waals surface area (Å²) in [6.07, 6.45) is 0. The third kappa shape index (κ3) is 3.92. The van der Waals surface area contributed by atoms with E-state index in [2.05, 4.69) is 24.1 Å². The molecule has 0 spiro atoms. The number of amides is 1. The molecule has 0 aromatic heterocycles. The van der Waals surface area contributed by atoms with E-state index in [-0.39, 0.29) is 24.4 Å². The molecule has 1 rings (SSSR count). The molecule has 0 aromatic carbocycles. The first-order valence-corrected chi connectivity index (χ1v) is 5.63. The lowest BCUT2D eigenvalue weighted by Crippen LogP contribution is -2.59. The molecule has 1 N–H and O–H groups in total. The van der Waals surface area contributed by atoms with E-state index in [1.807, 2.05) is 21.0 Å². The number of piperazine rings is 1. The summed E-state index contributed by atoms with van der Waals surface area (Å²) in [5.41, 5.74) is 0. The monoisotopic (exact) mass is 249 g/mol. The molecule has 96 valence electrons. The van der Waals surface area contributed by atoms with Gasteiger partial charge in [0.15, 0.2) is 0 Å². The van der Waals surface area contributed by atoms with Crippen molar-refractivity contribution in [3.05, 3.63) is 0 Å². The molecule has 3 unspecified atom stereocenters. The Bertz CT molecular complexity index is 225. The molecular formula is C11H24ClN3O. The molecular weight excluding hydrogens is 226 g/mol. The summed E-state index contributed by atoms with van der Waals surface area (Å²) in [6.45, 7) is 8.22. The molecule has 3 atom stereocenters. The lowest BCUT2D eigenvalue weighted by atomic mass is 10.1. The van der Waals surface area contributed by atoms with Gasteiger partial charge in [0.05, 0.1) is 6.04 Å².